The van der Waals surface area contributed by atoms with Gasteiger partial charge in [-0.2, -0.15) is 0 Å². The molecule has 104 valence electrons. The number of hydrogen-bond donors (Lipinski definition) is 1. The van der Waals surface area contributed by atoms with Gasteiger partial charge in [0, 0.05) is 25.3 Å². The van der Waals surface area contributed by atoms with E-state index in [2.05, 4.69) is 24.1 Å². The Bertz CT molecular complexity index is 447. The highest BCUT2D eigenvalue weighted by Gasteiger charge is 2.29. The maximum atomic E-state index is 12.7. The van der Waals surface area contributed by atoms with Gasteiger partial charge in [0.15, 0.2) is 0 Å². The number of carbonyl (C=O) groups excluding carboxylic acids is 1. The van der Waals surface area contributed by atoms with Crippen LogP contribution in [0.25, 0.3) is 0 Å². The highest BCUT2D eigenvalue weighted by atomic mass is 16.2. The fraction of sp³-hybridized carbons (Fsp3) is 0.600. The lowest BCUT2D eigenvalue weighted by atomic mass is 9.91. The van der Waals surface area contributed by atoms with E-state index in [-0.39, 0.29) is 5.91 Å². The number of rotatable bonds is 3. The number of aromatic nitrogens is 1. The fourth-order valence-corrected chi connectivity index (χ4v) is 2.69. The molecule has 1 fully saturated rings. The lowest BCUT2D eigenvalue weighted by Gasteiger charge is -2.38. The molecule has 2 atom stereocenters. The molecule has 2 unspecified atom stereocenters. The first-order valence-electron chi connectivity index (χ1n) is 7.14. The minimum absolute atomic E-state index is 0.123. The van der Waals surface area contributed by atoms with Gasteiger partial charge in [0.25, 0.3) is 5.91 Å². The summed E-state index contributed by atoms with van der Waals surface area (Å²) < 4.78 is 0. The van der Waals surface area contributed by atoms with Gasteiger partial charge in [0.05, 0.1) is 17.4 Å². The van der Waals surface area contributed by atoms with Crippen LogP contribution < -0.4 is 5.32 Å². The average Bonchev–Trinajstić information content (AvgIpc) is 2.42. The Balaban J connectivity index is 2.23. The van der Waals surface area contributed by atoms with Crippen LogP contribution in [0.4, 0.5) is 5.69 Å². The molecule has 0 saturated carbocycles. The zero-order chi connectivity index (χ0) is 13.8. The van der Waals surface area contributed by atoms with Crippen molar-refractivity contribution in [2.75, 3.05) is 18.4 Å². The van der Waals surface area contributed by atoms with Crippen molar-refractivity contribution in [3.8, 4) is 0 Å². The topological polar surface area (TPSA) is 45.2 Å². The molecule has 1 aromatic heterocycles. The normalized spacial score (nSPS) is 23.2. The largest absolute Gasteiger partial charge is 0.383 e. The van der Waals surface area contributed by atoms with E-state index in [9.17, 15) is 4.79 Å². The molecule has 19 heavy (non-hydrogen) atoms. The van der Waals surface area contributed by atoms with Crippen LogP contribution in [0.15, 0.2) is 18.5 Å². The number of likely N-dealkylation sites (tertiary alicyclic amines) is 1. The lowest BCUT2D eigenvalue weighted by molar-refractivity contribution is 0.0552. The minimum Gasteiger partial charge on any atom is -0.383 e. The third kappa shape index (κ3) is 2.88. The second-order valence-corrected chi connectivity index (χ2v) is 5.31. The van der Waals surface area contributed by atoms with E-state index in [0.717, 1.165) is 30.8 Å². The molecule has 1 aliphatic rings. The molecular weight excluding hydrogens is 238 g/mol. The number of pyridine rings is 1. The van der Waals surface area contributed by atoms with Crippen LogP contribution in [-0.2, 0) is 0 Å². The van der Waals surface area contributed by atoms with Gasteiger partial charge < -0.3 is 10.2 Å². The molecule has 1 saturated heterocycles. The maximum Gasteiger partial charge on any atom is 0.256 e. The molecule has 4 nitrogen and oxygen atoms in total. The fourth-order valence-electron chi connectivity index (χ4n) is 2.69. The van der Waals surface area contributed by atoms with Gasteiger partial charge in [-0.3, -0.25) is 9.78 Å². The van der Waals surface area contributed by atoms with Gasteiger partial charge in [-0.1, -0.05) is 6.92 Å². The van der Waals surface area contributed by atoms with E-state index >= 15 is 0 Å². The molecular formula is C15H23N3O. The summed E-state index contributed by atoms with van der Waals surface area (Å²) in [6, 6.07) is 2.12. The highest BCUT2D eigenvalue weighted by Crippen LogP contribution is 2.26. The van der Waals surface area contributed by atoms with E-state index in [1.807, 2.05) is 17.9 Å². The summed E-state index contributed by atoms with van der Waals surface area (Å²) in [5, 5.41) is 3.21. The van der Waals surface area contributed by atoms with E-state index < -0.39 is 0 Å². The van der Waals surface area contributed by atoms with Crippen molar-refractivity contribution in [2.45, 2.75) is 39.7 Å². The van der Waals surface area contributed by atoms with Crippen molar-refractivity contribution >= 4 is 11.6 Å². The standard InChI is InChI=1S/C15H23N3O/c1-4-17-14-10-16-8-7-13(14)15(19)18-9-5-6-11(2)12(18)3/h7-8,10-12,17H,4-6,9H2,1-3H3. The summed E-state index contributed by atoms with van der Waals surface area (Å²) in [5.41, 5.74) is 1.57. The zero-order valence-corrected chi connectivity index (χ0v) is 12.0. The van der Waals surface area contributed by atoms with E-state index in [1.54, 1.807) is 12.4 Å². The Morgan fingerprint density at radius 3 is 3.05 bits per heavy atom. The smallest absolute Gasteiger partial charge is 0.256 e. The highest BCUT2D eigenvalue weighted by molar-refractivity contribution is 5.99. The van der Waals surface area contributed by atoms with Gasteiger partial charge in [0.2, 0.25) is 0 Å². The number of nitrogens with one attached hydrogen (secondary N) is 1. The number of nitrogens with zero attached hydrogens (tertiary/aromatic N) is 2. The Kier molecular flexibility index (Phi) is 4.40. The second kappa shape index (κ2) is 6.04. The summed E-state index contributed by atoms with van der Waals surface area (Å²) in [6.07, 6.45) is 5.72. The van der Waals surface area contributed by atoms with Crippen molar-refractivity contribution in [3.63, 3.8) is 0 Å². The van der Waals surface area contributed by atoms with Crippen LogP contribution in [0.1, 0.15) is 44.0 Å². The maximum absolute atomic E-state index is 12.7. The average molecular weight is 261 g/mol. The molecule has 1 aliphatic heterocycles. The van der Waals surface area contributed by atoms with Crippen LogP contribution in [0.2, 0.25) is 0 Å². The molecule has 0 aromatic carbocycles. The number of anilines is 1. The lowest BCUT2D eigenvalue weighted by Crippen LogP contribution is -2.46. The molecule has 1 amide bonds. The summed E-state index contributed by atoms with van der Waals surface area (Å²) in [7, 11) is 0. The number of amides is 1. The first-order valence-corrected chi connectivity index (χ1v) is 7.14. The van der Waals surface area contributed by atoms with Crippen molar-refractivity contribution in [1.29, 1.82) is 0 Å². The number of piperidine rings is 1. The zero-order valence-electron chi connectivity index (χ0n) is 12.0. The van der Waals surface area contributed by atoms with Gasteiger partial charge >= 0.3 is 0 Å². The minimum atomic E-state index is 0.123. The van der Waals surface area contributed by atoms with Crippen LogP contribution >= 0.6 is 0 Å². The van der Waals surface area contributed by atoms with Crippen molar-refractivity contribution in [3.05, 3.63) is 24.0 Å². The molecule has 0 aliphatic carbocycles. The van der Waals surface area contributed by atoms with Gasteiger partial charge in [-0.25, -0.2) is 0 Å². The van der Waals surface area contributed by atoms with Crippen LogP contribution in [-0.4, -0.2) is 34.9 Å². The second-order valence-electron chi connectivity index (χ2n) is 5.31. The van der Waals surface area contributed by atoms with Crippen molar-refractivity contribution in [2.24, 2.45) is 5.92 Å². The monoisotopic (exact) mass is 261 g/mol. The van der Waals surface area contributed by atoms with Crippen LogP contribution in [0.5, 0.6) is 0 Å². The van der Waals surface area contributed by atoms with Gasteiger partial charge in [-0.15, -0.1) is 0 Å². The van der Waals surface area contributed by atoms with Gasteiger partial charge in [-0.05, 0) is 38.7 Å². The van der Waals surface area contributed by atoms with Crippen molar-refractivity contribution < 1.29 is 4.79 Å². The SMILES string of the molecule is CCNc1cnccc1C(=O)N1CCCC(C)C1C. The van der Waals surface area contributed by atoms with E-state index in [0.29, 0.717) is 12.0 Å². The molecule has 1 N–H and O–H groups in total. The quantitative estimate of drug-likeness (QED) is 0.910. The molecule has 4 heteroatoms. The molecule has 2 heterocycles. The van der Waals surface area contributed by atoms with Crippen molar-refractivity contribution in [1.82, 2.24) is 9.88 Å². The predicted octanol–water partition coefficient (Wildman–Crippen LogP) is 2.77. The number of carbonyl (C=O) groups is 1. The first-order chi connectivity index (χ1) is 9.15. The molecule has 0 bridgehead atoms. The Hall–Kier alpha value is -1.58. The number of hydrogen-bond acceptors (Lipinski definition) is 3. The summed E-state index contributed by atoms with van der Waals surface area (Å²) >= 11 is 0. The third-order valence-electron chi connectivity index (χ3n) is 4.05. The van der Waals surface area contributed by atoms with E-state index in [1.165, 1.54) is 6.42 Å². The summed E-state index contributed by atoms with van der Waals surface area (Å²) in [6.45, 7) is 8.04. The van der Waals surface area contributed by atoms with Crippen LogP contribution in [0, 0.1) is 5.92 Å². The molecule has 0 spiro atoms. The predicted molar refractivity (Wildman–Crippen MR) is 77.3 cm³/mol. The Morgan fingerprint density at radius 1 is 1.53 bits per heavy atom. The Labute approximate surface area is 115 Å². The molecule has 1 aromatic rings. The molecule has 0 radical (unpaired) electrons. The first kappa shape index (κ1) is 13.8. The Morgan fingerprint density at radius 2 is 2.32 bits per heavy atom. The summed E-state index contributed by atoms with van der Waals surface area (Å²) in [4.78, 5) is 18.8. The van der Waals surface area contributed by atoms with Crippen LogP contribution in [0.3, 0.4) is 0 Å². The molecule has 2 rings (SSSR count). The van der Waals surface area contributed by atoms with Gasteiger partial charge in [0.1, 0.15) is 0 Å². The summed E-state index contributed by atoms with van der Waals surface area (Å²) in [5.74, 6) is 0.694. The third-order valence-corrected chi connectivity index (χ3v) is 4.05. The van der Waals surface area contributed by atoms with E-state index in [4.69, 9.17) is 0 Å².